The third-order valence-electron chi connectivity index (χ3n) is 3.12. The summed E-state index contributed by atoms with van der Waals surface area (Å²) >= 11 is 0. The van der Waals surface area contributed by atoms with Gasteiger partial charge in [0, 0.05) is 0 Å². The maximum Gasteiger partial charge on any atom is 0.240 e. The van der Waals surface area contributed by atoms with Crippen LogP contribution in [0.4, 0.5) is 5.95 Å². The molecule has 2 atom stereocenters. The molecule has 3 rings (SSSR count). The molecule has 0 bridgehead atoms. The molecule has 1 aromatic heterocycles. The molecule has 0 saturated carbocycles. The third kappa shape index (κ3) is 1.13. The number of aromatic amines is 1. The standard InChI is InChI=1S/C10H10N4O2/c15-8-6-3-1-2-4-7(6)9(16)14(8)10-11-5-12-13-10/h1-2,5-7H,3-4H2,(H,11,12,13)/t6-,7+. The van der Waals surface area contributed by atoms with Gasteiger partial charge in [-0.1, -0.05) is 12.2 Å². The number of nitrogens with one attached hydrogen (secondary N) is 1. The van der Waals surface area contributed by atoms with Crippen LogP contribution < -0.4 is 4.90 Å². The van der Waals surface area contributed by atoms with Crippen LogP contribution >= 0.6 is 0 Å². The van der Waals surface area contributed by atoms with Gasteiger partial charge in [-0.05, 0) is 12.8 Å². The van der Waals surface area contributed by atoms with E-state index in [1.165, 1.54) is 6.33 Å². The first-order chi connectivity index (χ1) is 7.79. The fourth-order valence-electron chi connectivity index (χ4n) is 2.32. The second kappa shape index (κ2) is 3.26. The molecular weight excluding hydrogens is 208 g/mol. The van der Waals surface area contributed by atoms with Crippen molar-refractivity contribution in [3.05, 3.63) is 18.5 Å². The number of fused-ring (bicyclic) bond motifs is 1. The second-order valence-electron chi connectivity index (χ2n) is 3.98. The molecule has 1 N–H and O–H groups in total. The van der Waals surface area contributed by atoms with Gasteiger partial charge in [-0.2, -0.15) is 10.1 Å². The number of nitrogens with zero attached hydrogens (tertiary/aromatic N) is 3. The first-order valence-electron chi connectivity index (χ1n) is 5.17. The van der Waals surface area contributed by atoms with Crippen molar-refractivity contribution in [1.29, 1.82) is 0 Å². The average molecular weight is 218 g/mol. The highest BCUT2D eigenvalue weighted by Crippen LogP contribution is 2.36. The van der Waals surface area contributed by atoms with E-state index in [2.05, 4.69) is 15.2 Å². The molecule has 1 aliphatic heterocycles. The molecule has 2 amide bonds. The van der Waals surface area contributed by atoms with Crippen LogP contribution in [-0.4, -0.2) is 27.0 Å². The van der Waals surface area contributed by atoms with Crippen molar-refractivity contribution < 1.29 is 9.59 Å². The topological polar surface area (TPSA) is 79.0 Å². The van der Waals surface area contributed by atoms with Gasteiger partial charge in [0.15, 0.2) is 0 Å². The minimum Gasteiger partial charge on any atom is -0.274 e. The maximum atomic E-state index is 12.0. The van der Waals surface area contributed by atoms with E-state index in [1.807, 2.05) is 12.2 Å². The van der Waals surface area contributed by atoms with E-state index in [1.54, 1.807) is 0 Å². The van der Waals surface area contributed by atoms with Gasteiger partial charge < -0.3 is 0 Å². The Hall–Kier alpha value is -1.98. The minimum atomic E-state index is -0.220. The largest absolute Gasteiger partial charge is 0.274 e. The number of carbonyl (C=O) groups is 2. The molecule has 82 valence electrons. The van der Waals surface area contributed by atoms with Crippen LogP contribution in [0.2, 0.25) is 0 Å². The lowest BCUT2D eigenvalue weighted by atomic mass is 9.85. The molecule has 1 aromatic rings. The number of rotatable bonds is 1. The fraction of sp³-hybridized carbons (Fsp3) is 0.400. The smallest absolute Gasteiger partial charge is 0.240 e. The van der Waals surface area contributed by atoms with Crippen LogP contribution in [0, 0.1) is 11.8 Å². The van der Waals surface area contributed by atoms with E-state index < -0.39 is 0 Å². The summed E-state index contributed by atoms with van der Waals surface area (Å²) in [7, 11) is 0. The predicted octanol–water partition coefficient (Wildman–Crippen LogP) is 0.260. The van der Waals surface area contributed by atoms with Crippen LogP contribution in [-0.2, 0) is 9.59 Å². The number of hydrogen-bond acceptors (Lipinski definition) is 4. The number of imide groups is 1. The van der Waals surface area contributed by atoms with E-state index in [4.69, 9.17) is 0 Å². The second-order valence-corrected chi connectivity index (χ2v) is 3.98. The number of allylic oxidation sites excluding steroid dienone is 2. The number of carbonyl (C=O) groups excluding carboxylic acids is 2. The summed E-state index contributed by atoms with van der Waals surface area (Å²) < 4.78 is 0. The Morgan fingerprint density at radius 3 is 2.31 bits per heavy atom. The average Bonchev–Trinajstić information content (AvgIpc) is 2.89. The Balaban J connectivity index is 1.98. The molecule has 1 saturated heterocycles. The summed E-state index contributed by atoms with van der Waals surface area (Å²) in [5.41, 5.74) is 0. The SMILES string of the molecule is O=C1[C@H]2CC=CC[C@H]2C(=O)N1c1ncn[nH]1. The Bertz CT molecular complexity index is 439. The van der Waals surface area contributed by atoms with Gasteiger partial charge in [0.05, 0.1) is 11.8 Å². The molecule has 1 fully saturated rings. The summed E-state index contributed by atoms with van der Waals surface area (Å²) in [5, 5.41) is 6.21. The van der Waals surface area contributed by atoms with Crippen molar-refractivity contribution in [3.8, 4) is 0 Å². The van der Waals surface area contributed by atoms with Gasteiger partial charge in [-0.15, -0.1) is 0 Å². The summed E-state index contributed by atoms with van der Waals surface area (Å²) in [5.74, 6) is -0.554. The summed E-state index contributed by atoms with van der Waals surface area (Å²) in [6.45, 7) is 0. The van der Waals surface area contributed by atoms with Crippen molar-refractivity contribution in [1.82, 2.24) is 15.2 Å². The van der Waals surface area contributed by atoms with Crippen LogP contribution in [0.25, 0.3) is 0 Å². The first kappa shape index (κ1) is 9.26. The Kier molecular flexibility index (Phi) is 1.89. The van der Waals surface area contributed by atoms with Gasteiger partial charge in [-0.3, -0.25) is 9.59 Å². The van der Waals surface area contributed by atoms with E-state index in [9.17, 15) is 9.59 Å². The zero-order valence-corrected chi connectivity index (χ0v) is 8.46. The van der Waals surface area contributed by atoms with Crippen LogP contribution in [0.3, 0.4) is 0 Å². The predicted molar refractivity (Wildman–Crippen MR) is 54.2 cm³/mol. The van der Waals surface area contributed by atoms with Crippen LogP contribution in [0.15, 0.2) is 18.5 Å². The number of hydrogen-bond donors (Lipinski definition) is 1. The van der Waals surface area contributed by atoms with Crippen LogP contribution in [0.5, 0.6) is 0 Å². The van der Waals surface area contributed by atoms with E-state index in [0.29, 0.717) is 12.8 Å². The molecule has 0 aromatic carbocycles. The van der Waals surface area contributed by atoms with E-state index >= 15 is 0 Å². The number of amides is 2. The lowest BCUT2D eigenvalue weighted by Crippen LogP contribution is -2.31. The highest BCUT2D eigenvalue weighted by Gasteiger charge is 2.48. The van der Waals surface area contributed by atoms with Crippen LogP contribution in [0.1, 0.15) is 12.8 Å². The van der Waals surface area contributed by atoms with Gasteiger partial charge in [0.25, 0.3) is 0 Å². The molecule has 2 aliphatic rings. The monoisotopic (exact) mass is 218 g/mol. The highest BCUT2D eigenvalue weighted by molar-refractivity contribution is 6.21. The molecule has 0 spiro atoms. The van der Waals surface area contributed by atoms with Crippen molar-refractivity contribution in [3.63, 3.8) is 0 Å². The lowest BCUT2D eigenvalue weighted by Gasteiger charge is -2.14. The van der Waals surface area contributed by atoms with Crippen molar-refractivity contribution in [2.75, 3.05) is 4.90 Å². The summed E-state index contributed by atoms with van der Waals surface area (Å²) in [6, 6.07) is 0. The molecular formula is C10H10N4O2. The number of H-pyrrole nitrogens is 1. The zero-order valence-electron chi connectivity index (χ0n) is 8.46. The van der Waals surface area contributed by atoms with Gasteiger partial charge in [0.2, 0.25) is 17.8 Å². The summed E-state index contributed by atoms with van der Waals surface area (Å²) in [6.07, 6.45) is 6.47. The maximum absolute atomic E-state index is 12.0. The quantitative estimate of drug-likeness (QED) is 0.541. The number of aromatic nitrogens is 3. The minimum absolute atomic E-state index is 0.170. The molecule has 2 heterocycles. The van der Waals surface area contributed by atoms with Crippen molar-refractivity contribution >= 4 is 17.8 Å². The first-order valence-corrected chi connectivity index (χ1v) is 5.17. The Morgan fingerprint density at radius 1 is 1.19 bits per heavy atom. The van der Waals surface area contributed by atoms with Gasteiger partial charge >= 0.3 is 0 Å². The molecule has 1 aliphatic carbocycles. The van der Waals surface area contributed by atoms with Gasteiger partial charge in [-0.25, -0.2) is 10.00 Å². The highest BCUT2D eigenvalue weighted by atomic mass is 16.2. The van der Waals surface area contributed by atoms with Gasteiger partial charge in [0.1, 0.15) is 6.33 Å². The number of anilines is 1. The Morgan fingerprint density at radius 2 is 1.81 bits per heavy atom. The molecule has 6 heteroatoms. The normalized spacial score (nSPS) is 28.6. The molecule has 16 heavy (non-hydrogen) atoms. The fourth-order valence-corrected chi connectivity index (χ4v) is 2.32. The molecule has 0 unspecified atom stereocenters. The Labute approximate surface area is 91.3 Å². The molecule has 0 radical (unpaired) electrons. The third-order valence-corrected chi connectivity index (χ3v) is 3.12. The van der Waals surface area contributed by atoms with E-state index in [0.717, 1.165) is 4.90 Å². The molecule has 6 nitrogen and oxygen atoms in total. The van der Waals surface area contributed by atoms with Crippen molar-refractivity contribution in [2.45, 2.75) is 12.8 Å². The van der Waals surface area contributed by atoms with Crippen molar-refractivity contribution in [2.24, 2.45) is 11.8 Å². The summed E-state index contributed by atoms with van der Waals surface area (Å²) in [4.78, 5) is 29.0. The lowest BCUT2D eigenvalue weighted by molar-refractivity contribution is -0.122. The van der Waals surface area contributed by atoms with E-state index in [-0.39, 0.29) is 29.6 Å². The zero-order chi connectivity index (χ0) is 11.1.